The maximum absolute atomic E-state index is 10.4. The molecular weight excluding hydrogens is 729 g/mol. The fourth-order valence-electron chi connectivity index (χ4n) is 8.74. The van der Waals surface area contributed by atoms with E-state index in [9.17, 15) is 5.26 Å². The Kier molecular flexibility index (Phi) is 8.50. The van der Waals surface area contributed by atoms with Crippen LogP contribution < -0.4 is 0 Å². The van der Waals surface area contributed by atoms with Gasteiger partial charge >= 0.3 is 0 Å². The third kappa shape index (κ3) is 6.05. The predicted molar refractivity (Wildman–Crippen MR) is 245 cm³/mol. The number of hydrogen-bond donors (Lipinski definition) is 0. The van der Waals surface area contributed by atoms with E-state index in [2.05, 4.69) is 140 Å². The lowest BCUT2D eigenvalue weighted by Gasteiger charge is -2.16. The SMILES string of the molecule is N#Cc1cc(-c2ccccc2-c2ccc(-c3nc(-c4ccccc4)nc(-c4ccccc4)n3)cc2)cc(-c2ccccc2-c2ccc3c4c(cccc24)-c2ccccc2-3)c1. The average Bonchev–Trinajstić information content (AvgIpc) is 3.66. The molecule has 0 N–H and O–H groups in total. The lowest BCUT2D eigenvalue weighted by Crippen LogP contribution is -2.00. The fraction of sp³-hybridized carbons (Fsp3) is 0. The third-order valence-electron chi connectivity index (χ3n) is 11.5. The van der Waals surface area contributed by atoms with Gasteiger partial charge in [0.2, 0.25) is 0 Å². The van der Waals surface area contributed by atoms with Gasteiger partial charge in [-0.25, -0.2) is 15.0 Å². The molecule has 0 amide bonds. The Morgan fingerprint density at radius 1 is 0.283 bits per heavy atom. The Labute approximate surface area is 348 Å². The first-order chi connectivity index (χ1) is 29.7. The van der Waals surface area contributed by atoms with Crippen LogP contribution in [0.3, 0.4) is 0 Å². The van der Waals surface area contributed by atoms with Crippen LogP contribution in [0.1, 0.15) is 5.56 Å². The largest absolute Gasteiger partial charge is 0.208 e. The normalized spacial score (nSPS) is 11.3. The van der Waals surface area contributed by atoms with Crippen molar-refractivity contribution in [3.05, 3.63) is 212 Å². The smallest absolute Gasteiger partial charge is 0.164 e. The Bertz CT molecular complexity index is 3220. The third-order valence-corrected chi connectivity index (χ3v) is 11.5. The minimum absolute atomic E-state index is 0.608. The molecule has 0 fully saturated rings. The fourth-order valence-corrected chi connectivity index (χ4v) is 8.74. The van der Waals surface area contributed by atoms with Crippen molar-refractivity contribution in [2.45, 2.75) is 0 Å². The van der Waals surface area contributed by atoms with Crippen LogP contribution >= 0.6 is 0 Å². The second kappa shape index (κ2) is 14.6. The highest BCUT2D eigenvalue weighted by molar-refractivity contribution is 6.19. The molecule has 9 aromatic carbocycles. The van der Waals surface area contributed by atoms with E-state index in [-0.39, 0.29) is 0 Å². The first-order valence-corrected chi connectivity index (χ1v) is 20.1. The average molecular weight is 763 g/mol. The number of fused-ring (bicyclic) bond motifs is 3. The zero-order chi connectivity index (χ0) is 40.0. The molecule has 1 aliphatic rings. The molecule has 1 heterocycles. The molecule has 0 saturated carbocycles. The van der Waals surface area contributed by atoms with Gasteiger partial charge in [-0.3, -0.25) is 0 Å². The number of rotatable bonds is 7. The minimum atomic E-state index is 0.608. The van der Waals surface area contributed by atoms with Gasteiger partial charge < -0.3 is 0 Å². The number of nitriles is 1. The first kappa shape index (κ1) is 34.9. The maximum atomic E-state index is 10.4. The molecule has 11 rings (SSSR count). The molecule has 10 aromatic rings. The molecule has 0 aliphatic heterocycles. The second-order valence-corrected chi connectivity index (χ2v) is 15.1. The number of benzene rings is 9. The summed E-state index contributed by atoms with van der Waals surface area (Å²) in [6.45, 7) is 0. The standard InChI is InChI=1S/C56H34N4/c57-35-36-32-41(34-42(33-36)45-20-9-10-21-46(45)49-30-31-52-48-23-12-11-22-47(48)50-24-13-25-51(49)53(50)52)44-19-8-7-18-43(44)37-26-28-40(29-27-37)56-59-54(38-14-3-1-4-15-38)58-55(60-56)39-16-5-2-6-17-39/h1-34H. The number of aromatic nitrogens is 3. The van der Waals surface area contributed by atoms with Crippen molar-refractivity contribution < 1.29 is 0 Å². The molecule has 0 saturated heterocycles. The van der Waals surface area contributed by atoms with Crippen molar-refractivity contribution in [3.8, 4) is 107 Å². The molecule has 60 heavy (non-hydrogen) atoms. The second-order valence-electron chi connectivity index (χ2n) is 15.1. The van der Waals surface area contributed by atoms with Crippen LogP contribution in [0.25, 0.3) is 112 Å². The van der Waals surface area contributed by atoms with Gasteiger partial charge in [0, 0.05) is 16.7 Å². The molecule has 1 aromatic heterocycles. The highest BCUT2D eigenvalue weighted by atomic mass is 15.0. The van der Waals surface area contributed by atoms with Crippen LogP contribution in [0, 0.1) is 11.3 Å². The lowest BCUT2D eigenvalue weighted by atomic mass is 9.87. The van der Waals surface area contributed by atoms with Crippen LogP contribution in [0.4, 0.5) is 0 Å². The van der Waals surface area contributed by atoms with Gasteiger partial charge in [-0.1, -0.05) is 188 Å². The molecule has 0 atom stereocenters. The summed E-state index contributed by atoms with van der Waals surface area (Å²) in [4.78, 5) is 14.7. The van der Waals surface area contributed by atoms with E-state index in [1.807, 2.05) is 72.8 Å². The van der Waals surface area contributed by atoms with Crippen molar-refractivity contribution in [2.75, 3.05) is 0 Å². The van der Waals surface area contributed by atoms with Crippen molar-refractivity contribution >= 4 is 10.8 Å². The quantitative estimate of drug-likeness (QED) is 0.162. The predicted octanol–water partition coefficient (Wildman–Crippen LogP) is 14.2. The van der Waals surface area contributed by atoms with Crippen molar-refractivity contribution in [3.63, 3.8) is 0 Å². The Morgan fingerprint density at radius 2 is 0.667 bits per heavy atom. The summed E-state index contributed by atoms with van der Waals surface area (Å²) in [7, 11) is 0. The highest BCUT2D eigenvalue weighted by Gasteiger charge is 2.23. The monoisotopic (exact) mass is 762 g/mol. The number of hydrogen-bond acceptors (Lipinski definition) is 4. The molecular formula is C56H34N4. The van der Waals surface area contributed by atoms with E-state index in [0.29, 0.717) is 23.0 Å². The molecule has 4 heteroatoms. The highest BCUT2D eigenvalue weighted by Crippen LogP contribution is 2.50. The molecule has 0 bridgehead atoms. The summed E-state index contributed by atoms with van der Waals surface area (Å²) in [6, 6.07) is 74.0. The maximum Gasteiger partial charge on any atom is 0.164 e. The molecule has 4 nitrogen and oxygen atoms in total. The summed E-state index contributed by atoms with van der Waals surface area (Å²) in [5.41, 5.74) is 17.0. The summed E-state index contributed by atoms with van der Waals surface area (Å²) in [5, 5.41) is 12.9. The molecule has 0 unspecified atom stereocenters. The van der Waals surface area contributed by atoms with Crippen LogP contribution in [-0.4, -0.2) is 15.0 Å². The van der Waals surface area contributed by atoms with E-state index in [0.717, 1.165) is 55.6 Å². The van der Waals surface area contributed by atoms with Crippen LogP contribution in [0.5, 0.6) is 0 Å². The summed E-state index contributed by atoms with van der Waals surface area (Å²) < 4.78 is 0. The van der Waals surface area contributed by atoms with Crippen LogP contribution in [0.2, 0.25) is 0 Å². The number of nitrogens with zero attached hydrogens (tertiary/aromatic N) is 4. The van der Waals surface area contributed by atoms with Gasteiger partial charge in [-0.15, -0.1) is 0 Å². The van der Waals surface area contributed by atoms with E-state index >= 15 is 0 Å². The van der Waals surface area contributed by atoms with Gasteiger partial charge in [0.15, 0.2) is 17.5 Å². The van der Waals surface area contributed by atoms with Crippen molar-refractivity contribution in [1.29, 1.82) is 5.26 Å². The Balaban J connectivity index is 0.987. The van der Waals surface area contributed by atoms with Crippen LogP contribution in [0.15, 0.2) is 206 Å². The van der Waals surface area contributed by atoms with E-state index in [1.165, 1.54) is 38.6 Å². The Hall–Kier alpha value is -8.26. The molecule has 1 aliphatic carbocycles. The molecule has 0 spiro atoms. The van der Waals surface area contributed by atoms with Gasteiger partial charge in [0.25, 0.3) is 0 Å². The Morgan fingerprint density at radius 3 is 1.20 bits per heavy atom. The topological polar surface area (TPSA) is 62.5 Å². The zero-order valence-corrected chi connectivity index (χ0v) is 32.4. The summed E-state index contributed by atoms with van der Waals surface area (Å²) >= 11 is 0. The summed E-state index contributed by atoms with van der Waals surface area (Å²) in [6.07, 6.45) is 0. The first-order valence-electron chi connectivity index (χ1n) is 20.1. The van der Waals surface area contributed by atoms with Gasteiger partial charge in [0.05, 0.1) is 11.6 Å². The van der Waals surface area contributed by atoms with Gasteiger partial charge in [-0.2, -0.15) is 5.26 Å². The molecule has 0 radical (unpaired) electrons. The minimum Gasteiger partial charge on any atom is -0.208 e. The summed E-state index contributed by atoms with van der Waals surface area (Å²) in [5.74, 6) is 1.86. The van der Waals surface area contributed by atoms with E-state index in [4.69, 9.17) is 15.0 Å². The van der Waals surface area contributed by atoms with Crippen molar-refractivity contribution in [2.24, 2.45) is 0 Å². The van der Waals surface area contributed by atoms with Gasteiger partial charge in [0.1, 0.15) is 0 Å². The molecule has 278 valence electrons. The van der Waals surface area contributed by atoms with Crippen LogP contribution in [-0.2, 0) is 0 Å². The van der Waals surface area contributed by atoms with E-state index in [1.54, 1.807) is 0 Å². The zero-order valence-electron chi connectivity index (χ0n) is 32.4. The van der Waals surface area contributed by atoms with E-state index < -0.39 is 0 Å². The lowest BCUT2D eigenvalue weighted by molar-refractivity contribution is 1.07. The van der Waals surface area contributed by atoms with Crippen molar-refractivity contribution in [1.82, 2.24) is 15.0 Å². The van der Waals surface area contributed by atoms with Gasteiger partial charge in [-0.05, 0) is 95.7 Å².